The maximum Gasteiger partial charge on any atom is 0.154 e. The van der Waals surface area contributed by atoms with Crippen molar-refractivity contribution in [3.05, 3.63) is 35.4 Å². The van der Waals surface area contributed by atoms with Crippen molar-refractivity contribution in [3.63, 3.8) is 0 Å². The fraction of sp³-hybridized carbons (Fsp3) is 0.462. The van der Waals surface area contributed by atoms with Crippen molar-refractivity contribution in [1.82, 2.24) is 5.32 Å². The molecule has 1 unspecified atom stereocenters. The monoisotopic (exact) mass is 264 g/mol. The number of nitriles is 1. The van der Waals surface area contributed by atoms with Crippen molar-refractivity contribution in [1.29, 1.82) is 5.26 Å². The van der Waals surface area contributed by atoms with E-state index in [0.29, 0.717) is 24.4 Å². The van der Waals surface area contributed by atoms with Crippen molar-refractivity contribution >= 4 is 9.84 Å². The molecule has 0 aromatic heterocycles. The molecule has 2 rings (SSSR count). The zero-order chi connectivity index (χ0) is 13.0. The molecular weight excluding hydrogens is 248 g/mol. The predicted octanol–water partition coefficient (Wildman–Crippen LogP) is 1.23. The van der Waals surface area contributed by atoms with Crippen LogP contribution in [0.5, 0.6) is 0 Å². The van der Waals surface area contributed by atoms with Crippen molar-refractivity contribution in [3.8, 4) is 6.07 Å². The van der Waals surface area contributed by atoms with Crippen LogP contribution in [0.4, 0.5) is 0 Å². The first kappa shape index (κ1) is 13.1. The van der Waals surface area contributed by atoms with Crippen LogP contribution in [0, 0.1) is 11.3 Å². The summed E-state index contributed by atoms with van der Waals surface area (Å²) in [5.41, 5.74) is 1.63. The van der Waals surface area contributed by atoms with Crippen LogP contribution in [-0.4, -0.2) is 26.0 Å². The van der Waals surface area contributed by atoms with Gasteiger partial charge in [0.1, 0.15) is 0 Å². The first-order valence-electron chi connectivity index (χ1n) is 6.03. The Morgan fingerprint density at radius 2 is 2.28 bits per heavy atom. The Bertz CT molecular complexity index is 561. The van der Waals surface area contributed by atoms with E-state index in [4.69, 9.17) is 5.26 Å². The lowest BCUT2D eigenvalue weighted by molar-refractivity contribution is 0.574. The van der Waals surface area contributed by atoms with E-state index < -0.39 is 9.84 Å². The molecule has 1 heterocycles. The zero-order valence-electron chi connectivity index (χ0n) is 10.1. The average Bonchev–Trinajstić information content (AvgIpc) is 2.69. The van der Waals surface area contributed by atoms with Gasteiger partial charge in [-0.3, -0.25) is 0 Å². The second kappa shape index (κ2) is 5.51. The van der Waals surface area contributed by atoms with Gasteiger partial charge >= 0.3 is 0 Å². The maximum atomic E-state index is 11.6. The Labute approximate surface area is 108 Å². The molecular formula is C13H16N2O2S. The molecule has 0 saturated carbocycles. The third-order valence-electron chi connectivity index (χ3n) is 3.22. The SMILES string of the molecule is N#Cc1cccc(CNCC2CCCS2(=O)=O)c1. The van der Waals surface area contributed by atoms with Crippen LogP contribution in [0.3, 0.4) is 0 Å². The molecule has 18 heavy (non-hydrogen) atoms. The van der Waals surface area contributed by atoms with Crippen molar-refractivity contribution in [2.75, 3.05) is 12.3 Å². The minimum Gasteiger partial charge on any atom is -0.311 e. The van der Waals surface area contributed by atoms with Crippen LogP contribution in [-0.2, 0) is 16.4 Å². The van der Waals surface area contributed by atoms with Gasteiger partial charge in [-0.15, -0.1) is 0 Å². The molecule has 0 amide bonds. The van der Waals surface area contributed by atoms with Gasteiger partial charge in [-0.25, -0.2) is 8.42 Å². The van der Waals surface area contributed by atoms with E-state index in [1.54, 1.807) is 6.07 Å². The van der Waals surface area contributed by atoms with Crippen LogP contribution in [0.1, 0.15) is 24.0 Å². The summed E-state index contributed by atoms with van der Waals surface area (Å²) in [5.74, 6) is 0.323. The smallest absolute Gasteiger partial charge is 0.154 e. The van der Waals surface area contributed by atoms with Gasteiger partial charge in [0, 0.05) is 13.1 Å². The van der Waals surface area contributed by atoms with Crippen LogP contribution in [0.15, 0.2) is 24.3 Å². The van der Waals surface area contributed by atoms with Gasteiger partial charge in [-0.1, -0.05) is 12.1 Å². The second-order valence-electron chi connectivity index (χ2n) is 4.57. The zero-order valence-corrected chi connectivity index (χ0v) is 10.9. The molecule has 1 atom stereocenters. The van der Waals surface area contributed by atoms with Gasteiger partial charge in [-0.2, -0.15) is 5.26 Å². The average molecular weight is 264 g/mol. The minimum absolute atomic E-state index is 0.239. The summed E-state index contributed by atoms with van der Waals surface area (Å²) < 4.78 is 23.2. The van der Waals surface area contributed by atoms with Crippen molar-refractivity contribution in [2.24, 2.45) is 0 Å². The Kier molecular flexibility index (Phi) is 4.00. The van der Waals surface area contributed by atoms with Crippen molar-refractivity contribution < 1.29 is 8.42 Å². The molecule has 1 aromatic carbocycles. The Hall–Kier alpha value is -1.38. The highest BCUT2D eigenvalue weighted by atomic mass is 32.2. The summed E-state index contributed by atoms with van der Waals surface area (Å²) >= 11 is 0. The molecule has 0 radical (unpaired) electrons. The van der Waals surface area contributed by atoms with E-state index in [9.17, 15) is 8.42 Å². The topological polar surface area (TPSA) is 70.0 Å². The molecule has 0 bridgehead atoms. The lowest BCUT2D eigenvalue weighted by Gasteiger charge is -2.10. The summed E-state index contributed by atoms with van der Waals surface area (Å²) in [4.78, 5) is 0. The fourth-order valence-electron chi connectivity index (χ4n) is 2.22. The summed E-state index contributed by atoms with van der Waals surface area (Å²) in [7, 11) is -2.87. The molecule has 5 heteroatoms. The highest BCUT2D eigenvalue weighted by molar-refractivity contribution is 7.92. The fourth-order valence-corrected chi connectivity index (χ4v) is 4.02. The van der Waals surface area contributed by atoms with E-state index in [0.717, 1.165) is 18.4 Å². The molecule has 0 spiro atoms. The summed E-state index contributed by atoms with van der Waals surface area (Å²) in [5, 5.41) is 11.7. The molecule has 4 nitrogen and oxygen atoms in total. The lowest BCUT2D eigenvalue weighted by atomic mass is 10.1. The molecule has 1 aliphatic rings. The largest absolute Gasteiger partial charge is 0.311 e. The van der Waals surface area contributed by atoms with E-state index in [1.165, 1.54) is 0 Å². The molecule has 1 N–H and O–H groups in total. The van der Waals surface area contributed by atoms with E-state index in [1.807, 2.05) is 18.2 Å². The van der Waals surface area contributed by atoms with Crippen LogP contribution >= 0.6 is 0 Å². The minimum atomic E-state index is -2.87. The first-order valence-corrected chi connectivity index (χ1v) is 7.75. The quantitative estimate of drug-likeness (QED) is 0.888. The van der Waals surface area contributed by atoms with E-state index >= 15 is 0 Å². The van der Waals surface area contributed by atoms with Gasteiger partial charge in [0.25, 0.3) is 0 Å². The number of rotatable bonds is 4. The molecule has 96 valence electrons. The molecule has 1 saturated heterocycles. The number of nitrogens with one attached hydrogen (secondary N) is 1. The van der Waals surface area contributed by atoms with Gasteiger partial charge in [-0.05, 0) is 30.5 Å². The van der Waals surface area contributed by atoms with Crippen LogP contribution in [0.25, 0.3) is 0 Å². The van der Waals surface area contributed by atoms with Crippen molar-refractivity contribution in [2.45, 2.75) is 24.6 Å². The van der Waals surface area contributed by atoms with E-state index in [2.05, 4.69) is 11.4 Å². The highest BCUT2D eigenvalue weighted by Crippen LogP contribution is 2.19. The van der Waals surface area contributed by atoms with E-state index in [-0.39, 0.29) is 5.25 Å². The van der Waals surface area contributed by atoms with Gasteiger partial charge in [0.15, 0.2) is 9.84 Å². The molecule has 1 aromatic rings. The number of sulfone groups is 1. The number of benzene rings is 1. The Morgan fingerprint density at radius 1 is 1.44 bits per heavy atom. The Balaban J connectivity index is 1.87. The third-order valence-corrected chi connectivity index (χ3v) is 5.50. The number of nitrogens with zero attached hydrogens (tertiary/aromatic N) is 1. The van der Waals surface area contributed by atoms with Gasteiger partial charge in [0.05, 0.1) is 22.6 Å². The summed E-state index contributed by atoms with van der Waals surface area (Å²) in [6, 6.07) is 9.42. The second-order valence-corrected chi connectivity index (χ2v) is 6.97. The highest BCUT2D eigenvalue weighted by Gasteiger charge is 2.30. The Morgan fingerprint density at radius 3 is 2.94 bits per heavy atom. The van der Waals surface area contributed by atoms with Crippen LogP contribution < -0.4 is 5.32 Å². The molecule has 0 aliphatic carbocycles. The molecule has 1 aliphatic heterocycles. The number of hydrogen-bond donors (Lipinski definition) is 1. The van der Waals surface area contributed by atoms with Crippen LogP contribution in [0.2, 0.25) is 0 Å². The molecule has 1 fully saturated rings. The lowest BCUT2D eigenvalue weighted by Crippen LogP contribution is -2.30. The first-order chi connectivity index (χ1) is 8.62. The number of hydrogen-bond acceptors (Lipinski definition) is 4. The van der Waals surface area contributed by atoms with Gasteiger partial charge in [0.2, 0.25) is 0 Å². The van der Waals surface area contributed by atoms with Gasteiger partial charge < -0.3 is 5.32 Å². The normalized spacial score (nSPS) is 21.6. The third kappa shape index (κ3) is 3.09. The summed E-state index contributed by atoms with van der Waals surface area (Å²) in [6.45, 7) is 1.10. The predicted molar refractivity (Wildman–Crippen MR) is 69.7 cm³/mol. The standard InChI is InChI=1S/C13H16N2O2S/c14-8-11-3-1-4-12(7-11)9-15-10-13-5-2-6-18(13,16)17/h1,3-4,7,13,15H,2,5-6,9-10H2. The summed E-state index contributed by atoms with van der Waals surface area (Å²) in [6.07, 6.45) is 1.53. The maximum absolute atomic E-state index is 11.6.